The molecule has 1 aromatic heterocycles. The van der Waals surface area contributed by atoms with Gasteiger partial charge in [-0.15, -0.1) is 5.10 Å². The quantitative estimate of drug-likeness (QED) is 0.855. The van der Waals surface area contributed by atoms with Crippen molar-refractivity contribution in [2.45, 2.75) is 58.5 Å². The highest BCUT2D eigenvalue weighted by Gasteiger charge is 2.22. The van der Waals surface area contributed by atoms with E-state index in [-0.39, 0.29) is 11.9 Å². The van der Waals surface area contributed by atoms with Gasteiger partial charge in [-0.05, 0) is 24.7 Å². The van der Waals surface area contributed by atoms with Crippen LogP contribution in [0, 0.1) is 11.8 Å². The molecular formula is C14H24N4O. The van der Waals surface area contributed by atoms with E-state index in [0.29, 0.717) is 24.8 Å². The molecule has 0 spiro atoms. The van der Waals surface area contributed by atoms with E-state index in [1.807, 2.05) is 6.20 Å². The average Bonchev–Trinajstić information content (AvgIpc) is 3.00. The van der Waals surface area contributed by atoms with Gasteiger partial charge in [0.2, 0.25) is 5.91 Å². The van der Waals surface area contributed by atoms with E-state index >= 15 is 0 Å². The third-order valence-electron chi connectivity index (χ3n) is 3.96. The summed E-state index contributed by atoms with van der Waals surface area (Å²) in [5.74, 6) is 1.17. The van der Waals surface area contributed by atoms with Crippen LogP contribution in [-0.4, -0.2) is 26.9 Å². The summed E-state index contributed by atoms with van der Waals surface area (Å²) in [7, 11) is 0. The first-order valence-corrected chi connectivity index (χ1v) is 7.28. The summed E-state index contributed by atoms with van der Waals surface area (Å²) in [6.07, 6.45) is 9.16. The van der Waals surface area contributed by atoms with Crippen molar-refractivity contribution in [3.05, 3.63) is 12.4 Å². The van der Waals surface area contributed by atoms with E-state index in [2.05, 4.69) is 29.5 Å². The molecule has 1 fully saturated rings. The lowest BCUT2D eigenvalue weighted by Crippen LogP contribution is -2.42. The molecule has 0 saturated heterocycles. The largest absolute Gasteiger partial charge is 0.351 e. The molecule has 0 aromatic carbocycles. The molecule has 2 rings (SSSR count). The van der Waals surface area contributed by atoms with E-state index in [9.17, 15) is 4.79 Å². The van der Waals surface area contributed by atoms with Crippen LogP contribution in [0.25, 0.3) is 0 Å². The highest BCUT2D eigenvalue weighted by molar-refractivity contribution is 5.76. The van der Waals surface area contributed by atoms with Crippen molar-refractivity contribution in [1.29, 1.82) is 0 Å². The number of hydrogen-bond acceptors (Lipinski definition) is 3. The number of amides is 1. The van der Waals surface area contributed by atoms with Gasteiger partial charge < -0.3 is 5.32 Å². The summed E-state index contributed by atoms with van der Waals surface area (Å²) in [5, 5.41) is 10.9. The van der Waals surface area contributed by atoms with Gasteiger partial charge >= 0.3 is 0 Å². The van der Waals surface area contributed by atoms with E-state index in [0.717, 1.165) is 0 Å². The molecule has 0 radical (unpaired) electrons. The van der Waals surface area contributed by atoms with Crippen molar-refractivity contribution in [2.24, 2.45) is 11.8 Å². The van der Waals surface area contributed by atoms with E-state index < -0.39 is 0 Å². The van der Waals surface area contributed by atoms with Gasteiger partial charge in [0.1, 0.15) is 0 Å². The van der Waals surface area contributed by atoms with E-state index in [1.54, 1.807) is 10.9 Å². The van der Waals surface area contributed by atoms with Crippen LogP contribution in [0.3, 0.4) is 0 Å². The third-order valence-corrected chi connectivity index (χ3v) is 3.96. The Kier molecular flexibility index (Phi) is 4.93. The average molecular weight is 264 g/mol. The zero-order valence-corrected chi connectivity index (χ0v) is 11.9. The molecule has 0 aliphatic heterocycles. The SMILES string of the molecule is CC(C)C(Cn1ccnn1)NC(=O)CC1CCCC1. The van der Waals surface area contributed by atoms with Crippen molar-refractivity contribution >= 4 is 5.91 Å². The Morgan fingerprint density at radius 1 is 1.42 bits per heavy atom. The Hall–Kier alpha value is -1.39. The van der Waals surface area contributed by atoms with Crippen molar-refractivity contribution < 1.29 is 4.79 Å². The summed E-state index contributed by atoms with van der Waals surface area (Å²) < 4.78 is 1.78. The Bertz CT molecular complexity index is 382. The number of aromatic nitrogens is 3. The second-order valence-electron chi connectivity index (χ2n) is 5.90. The van der Waals surface area contributed by atoms with E-state index in [4.69, 9.17) is 0 Å². The topological polar surface area (TPSA) is 59.8 Å². The number of nitrogens with zero attached hydrogens (tertiary/aromatic N) is 3. The van der Waals surface area contributed by atoms with Gasteiger partial charge in [0.05, 0.1) is 18.8 Å². The molecule has 106 valence electrons. The zero-order valence-electron chi connectivity index (χ0n) is 11.9. The smallest absolute Gasteiger partial charge is 0.220 e. The molecule has 1 amide bonds. The van der Waals surface area contributed by atoms with Crippen molar-refractivity contribution in [3.8, 4) is 0 Å². The monoisotopic (exact) mass is 264 g/mol. The van der Waals surface area contributed by atoms with Crippen molar-refractivity contribution in [1.82, 2.24) is 20.3 Å². The number of hydrogen-bond donors (Lipinski definition) is 1. The molecule has 1 saturated carbocycles. The van der Waals surface area contributed by atoms with Crippen LogP contribution < -0.4 is 5.32 Å². The molecule has 1 aromatic rings. The summed E-state index contributed by atoms with van der Waals surface area (Å²) in [5.41, 5.74) is 0. The maximum absolute atomic E-state index is 12.1. The Balaban J connectivity index is 1.83. The van der Waals surface area contributed by atoms with Crippen LogP contribution in [0.4, 0.5) is 0 Å². The highest BCUT2D eigenvalue weighted by Crippen LogP contribution is 2.27. The van der Waals surface area contributed by atoms with Gasteiger partial charge in [-0.2, -0.15) is 0 Å². The molecular weight excluding hydrogens is 240 g/mol. The molecule has 1 heterocycles. The minimum Gasteiger partial charge on any atom is -0.351 e. The number of rotatable bonds is 6. The van der Waals surface area contributed by atoms with Crippen LogP contribution in [0.1, 0.15) is 46.0 Å². The summed E-state index contributed by atoms with van der Waals surface area (Å²) in [6.45, 7) is 4.93. The Morgan fingerprint density at radius 2 is 2.16 bits per heavy atom. The molecule has 5 heteroatoms. The fourth-order valence-electron chi connectivity index (χ4n) is 2.70. The predicted octanol–water partition coefficient (Wildman–Crippen LogP) is 2.00. The molecule has 5 nitrogen and oxygen atoms in total. The number of nitrogens with one attached hydrogen (secondary N) is 1. The molecule has 1 aliphatic rings. The van der Waals surface area contributed by atoms with Gasteiger partial charge in [-0.25, -0.2) is 0 Å². The normalized spacial score (nSPS) is 17.8. The summed E-state index contributed by atoms with van der Waals surface area (Å²) in [4.78, 5) is 12.1. The first-order valence-electron chi connectivity index (χ1n) is 7.28. The highest BCUT2D eigenvalue weighted by atomic mass is 16.1. The van der Waals surface area contributed by atoms with E-state index in [1.165, 1.54) is 25.7 Å². The number of carbonyl (C=O) groups is 1. The molecule has 0 bridgehead atoms. The van der Waals surface area contributed by atoms with Gasteiger partial charge in [-0.1, -0.05) is 31.9 Å². The van der Waals surface area contributed by atoms with Crippen LogP contribution in [0.15, 0.2) is 12.4 Å². The van der Waals surface area contributed by atoms with Crippen molar-refractivity contribution in [2.75, 3.05) is 0 Å². The zero-order chi connectivity index (χ0) is 13.7. The molecule has 1 unspecified atom stereocenters. The first-order chi connectivity index (χ1) is 9.15. The fourth-order valence-corrected chi connectivity index (χ4v) is 2.70. The lowest BCUT2D eigenvalue weighted by atomic mass is 10.0. The predicted molar refractivity (Wildman–Crippen MR) is 73.4 cm³/mol. The summed E-state index contributed by atoms with van der Waals surface area (Å²) in [6, 6.07) is 0.121. The number of carbonyl (C=O) groups excluding carboxylic acids is 1. The van der Waals surface area contributed by atoms with Crippen LogP contribution >= 0.6 is 0 Å². The molecule has 19 heavy (non-hydrogen) atoms. The second kappa shape index (κ2) is 6.68. The maximum Gasteiger partial charge on any atom is 0.220 e. The van der Waals surface area contributed by atoms with Crippen molar-refractivity contribution in [3.63, 3.8) is 0 Å². The fraction of sp³-hybridized carbons (Fsp3) is 0.786. The lowest BCUT2D eigenvalue weighted by Gasteiger charge is -2.23. The molecule has 1 aliphatic carbocycles. The molecule has 1 N–H and O–H groups in total. The van der Waals surface area contributed by atoms with Gasteiger partial charge in [0.25, 0.3) is 0 Å². The van der Waals surface area contributed by atoms with Crippen LogP contribution in [-0.2, 0) is 11.3 Å². The Labute approximate surface area is 114 Å². The first kappa shape index (κ1) is 14.0. The van der Waals surface area contributed by atoms with Gasteiger partial charge in [0, 0.05) is 12.6 Å². The lowest BCUT2D eigenvalue weighted by molar-refractivity contribution is -0.123. The third kappa shape index (κ3) is 4.33. The minimum absolute atomic E-state index is 0.121. The van der Waals surface area contributed by atoms with Gasteiger partial charge in [-0.3, -0.25) is 9.48 Å². The van der Waals surface area contributed by atoms with Crippen LogP contribution in [0.5, 0.6) is 0 Å². The Morgan fingerprint density at radius 3 is 2.74 bits per heavy atom. The maximum atomic E-state index is 12.1. The summed E-state index contributed by atoms with van der Waals surface area (Å²) >= 11 is 0. The second-order valence-corrected chi connectivity index (χ2v) is 5.90. The van der Waals surface area contributed by atoms with Crippen LogP contribution in [0.2, 0.25) is 0 Å². The standard InChI is InChI=1S/C14H24N4O/c1-11(2)13(10-18-8-7-15-17-18)16-14(19)9-12-5-3-4-6-12/h7-8,11-13H,3-6,9-10H2,1-2H3,(H,16,19). The van der Waals surface area contributed by atoms with Gasteiger partial charge in [0.15, 0.2) is 0 Å². The molecule has 1 atom stereocenters. The minimum atomic E-state index is 0.121.